The summed E-state index contributed by atoms with van der Waals surface area (Å²) in [6, 6.07) is 9.23. The van der Waals surface area contributed by atoms with E-state index in [2.05, 4.69) is 48.9 Å². The van der Waals surface area contributed by atoms with Gasteiger partial charge in [0, 0.05) is 23.3 Å². The Bertz CT molecular complexity index is 565. The van der Waals surface area contributed by atoms with E-state index >= 15 is 0 Å². The van der Waals surface area contributed by atoms with Crippen molar-refractivity contribution in [3.05, 3.63) is 35.2 Å². The molecule has 2 nitrogen and oxygen atoms in total. The first-order valence-electron chi connectivity index (χ1n) is 7.57. The molecule has 0 bridgehead atoms. The van der Waals surface area contributed by atoms with E-state index in [4.69, 9.17) is 4.74 Å². The monoisotopic (exact) mass is 289 g/mol. The Labute approximate surface area is 125 Å². The molecule has 2 aromatic rings. The Balaban J connectivity index is 1.81. The van der Waals surface area contributed by atoms with Crippen molar-refractivity contribution in [2.75, 3.05) is 13.7 Å². The lowest BCUT2D eigenvalue weighted by molar-refractivity contribution is 0.0783. The van der Waals surface area contributed by atoms with Crippen LogP contribution in [-0.2, 0) is 11.2 Å². The molecule has 0 amide bonds. The number of rotatable bonds is 5. The van der Waals surface area contributed by atoms with E-state index in [0.717, 1.165) is 19.4 Å². The number of fused-ring (bicyclic) bond motifs is 1. The van der Waals surface area contributed by atoms with E-state index in [9.17, 15) is 0 Å². The molecule has 1 aromatic heterocycles. The first-order valence-corrected chi connectivity index (χ1v) is 8.45. The maximum Gasteiger partial charge on any atom is 0.0616 e. The summed E-state index contributed by atoms with van der Waals surface area (Å²) in [6.07, 6.45) is 3.84. The smallest absolute Gasteiger partial charge is 0.0616 e. The van der Waals surface area contributed by atoms with Crippen LogP contribution in [0, 0.1) is 5.92 Å². The molecule has 3 atom stereocenters. The molecular weight excluding hydrogens is 266 g/mol. The molecule has 0 saturated carbocycles. The first-order chi connectivity index (χ1) is 9.83. The molecule has 0 aliphatic carbocycles. The van der Waals surface area contributed by atoms with Gasteiger partial charge in [-0.1, -0.05) is 25.1 Å². The third-order valence-corrected chi connectivity index (χ3v) is 5.56. The van der Waals surface area contributed by atoms with Crippen molar-refractivity contribution in [1.29, 1.82) is 0 Å². The predicted octanol–water partition coefficient (Wildman–Crippen LogP) is 3.85. The van der Waals surface area contributed by atoms with Crippen LogP contribution in [0.5, 0.6) is 0 Å². The van der Waals surface area contributed by atoms with Gasteiger partial charge in [0.25, 0.3) is 0 Å². The fourth-order valence-electron chi connectivity index (χ4n) is 3.44. The standard InChI is InChI=1S/C17H23NOS/c1-3-16-14(8-9-19-16)15(18-2)10-12-11-20-17-7-5-4-6-13(12)17/h4-7,11,14-16,18H,3,8-10H2,1-2H3. The molecule has 3 heteroatoms. The van der Waals surface area contributed by atoms with Crippen LogP contribution in [0.3, 0.4) is 0 Å². The third-order valence-electron chi connectivity index (χ3n) is 4.55. The highest BCUT2D eigenvalue weighted by atomic mass is 32.1. The highest BCUT2D eigenvalue weighted by Gasteiger charge is 2.33. The Kier molecular flexibility index (Phi) is 4.39. The van der Waals surface area contributed by atoms with Gasteiger partial charge in [-0.2, -0.15) is 0 Å². The molecule has 0 spiro atoms. The normalized spacial score (nSPS) is 24.3. The molecule has 1 aromatic carbocycles. The molecule has 1 fully saturated rings. The second kappa shape index (κ2) is 6.25. The average molecular weight is 289 g/mol. The highest BCUT2D eigenvalue weighted by Crippen LogP contribution is 2.31. The quantitative estimate of drug-likeness (QED) is 0.903. The summed E-state index contributed by atoms with van der Waals surface area (Å²) >= 11 is 1.86. The minimum atomic E-state index is 0.428. The van der Waals surface area contributed by atoms with Crippen LogP contribution in [-0.4, -0.2) is 25.8 Å². The van der Waals surface area contributed by atoms with Crippen molar-refractivity contribution in [2.24, 2.45) is 5.92 Å². The Morgan fingerprint density at radius 2 is 2.25 bits per heavy atom. The SMILES string of the molecule is CCC1OCCC1C(Cc1csc2ccccc12)NC. The summed E-state index contributed by atoms with van der Waals surface area (Å²) < 4.78 is 7.26. The van der Waals surface area contributed by atoms with Gasteiger partial charge < -0.3 is 10.1 Å². The number of hydrogen-bond donors (Lipinski definition) is 1. The van der Waals surface area contributed by atoms with Crippen LogP contribution in [0.25, 0.3) is 10.1 Å². The number of benzene rings is 1. The van der Waals surface area contributed by atoms with E-state index in [-0.39, 0.29) is 0 Å². The average Bonchev–Trinajstić information content (AvgIpc) is 3.11. The lowest BCUT2D eigenvalue weighted by atomic mass is 9.87. The molecule has 2 heterocycles. The van der Waals surface area contributed by atoms with E-state index in [1.54, 1.807) is 0 Å². The molecule has 0 radical (unpaired) electrons. The number of ether oxygens (including phenoxy) is 1. The van der Waals surface area contributed by atoms with Gasteiger partial charge in [-0.25, -0.2) is 0 Å². The fraction of sp³-hybridized carbons (Fsp3) is 0.529. The van der Waals surface area contributed by atoms with Crippen LogP contribution >= 0.6 is 11.3 Å². The molecule has 1 N–H and O–H groups in total. The second-order valence-electron chi connectivity index (χ2n) is 5.63. The highest BCUT2D eigenvalue weighted by molar-refractivity contribution is 7.17. The number of hydrogen-bond acceptors (Lipinski definition) is 3. The lowest BCUT2D eigenvalue weighted by Gasteiger charge is -2.26. The maximum absolute atomic E-state index is 5.87. The summed E-state index contributed by atoms with van der Waals surface area (Å²) in [7, 11) is 2.09. The van der Waals surface area contributed by atoms with Crippen molar-refractivity contribution in [3.63, 3.8) is 0 Å². The summed E-state index contributed by atoms with van der Waals surface area (Å²) in [5, 5.41) is 7.28. The first kappa shape index (κ1) is 14.1. The summed E-state index contributed by atoms with van der Waals surface area (Å²) in [4.78, 5) is 0. The largest absolute Gasteiger partial charge is 0.378 e. The molecule has 1 aliphatic heterocycles. The lowest BCUT2D eigenvalue weighted by Crippen LogP contribution is -2.39. The number of nitrogens with one attached hydrogen (secondary N) is 1. The predicted molar refractivity (Wildman–Crippen MR) is 86.5 cm³/mol. The topological polar surface area (TPSA) is 21.3 Å². The summed E-state index contributed by atoms with van der Waals surface area (Å²) in [5.74, 6) is 0.642. The van der Waals surface area contributed by atoms with Crippen molar-refractivity contribution < 1.29 is 4.74 Å². The van der Waals surface area contributed by atoms with Crippen LogP contribution in [0.4, 0.5) is 0 Å². The maximum atomic E-state index is 5.87. The zero-order valence-corrected chi connectivity index (χ0v) is 13.1. The van der Waals surface area contributed by atoms with Gasteiger partial charge in [0.1, 0.15) is 0 Å². The van der Waals surface area contributed by atoms with Gasteiger partial charge in [0.05, 0.1) is 6.10 Å². The van der Waals surface area contributed by atoms with Crippen LogP contribution in [0.15, 0.2) is 29.6 Å². The van der Waals surface area contributed by atoms with Gasteiger partial charge in [-0.05, 0) is 48.7 Å². The van der Waals surface area contributed by atoms with Gasteiger partial charge in [0.15, 0.2) is 0 Å². The summed E-state index contributed by atoms with van der Waals surface area (Å²) in [6.45, 7) is 3.15. The zero-order valence-electron chi connectivity index (χ0n) is 12.3. The van der Waals surface area contributed by atoms with E-state index in [1.165, 1.54) is 22.1 Å². The minimum Gasteiger partial charge on any atom is -0.378 e. The molecule has 108 valence electrons. The van der Waals surface area contributed by atoms with Gasteiger partial charge in [-0.15, -0.1) is 11.3 Å². The van der Waals surface area contributed by atoms with E-state index < -0.39 is 0 Å². The van der Waals surface area contributed by atoms with Gasteiger partial charge >= 0.3 is 0 Å². The Morgan fingerprint density at radius 3 is 3.05 bits per heavy atom. The van der Waals surface area contributed by atoms with Crippen molar-refractivity contribution in [1.82, 2.24) is 5.32 Å². The van der Waals surface area contributed by atoms with Gasteiger partial charge in [0.2, 0.25) is 0 Å². The summed E-state index contributed by atoms with van der Waals surface area (Å²) in [5.41, 5.74) is 1.48. The van der Waals surface area contributed by atoms with Gasteiger partial charge in [-0.3, -0.25) is 0 Å². The minimum absolute atomic E-state index is 0.428. The Hall–Kier alpha value is -0.900. The molecule has 3 unspecified atom stereocenters. The molecule has 1 aliphatic rings. The fourth-order valence-corrected chi connectivity index (χ4v) is 4.42. The molecular formula is C17H23NOS. The van der Waals surface area contributed by atoms with Crippen molar-refractivity contribution in [3.8, 4) is 0 Å². The number of likely N-dealkylation sites (N-methyl/N-ethyl adjacent to an activating group) is 1. The van der Waals surface area contributed by atoms with Crippen LogP contribution in [0.2, 0.25) is 0 Å². The van der Waals surface area contributed by atoms with E-state index in [0.29, 0.717) is 18.1 Å². The van der Waals surface area contributed by atoms with Crippen LogP contribution in [0.1, 0.15) is 25.3 Å². The third kappa shape index (κ3) is 2.62. The van der Waals surface area contributed by atoms with Crippen molar-refractivity contribution in [2.45, 2.75) is 38.3 Å². The van der Waals surface area contributed by atoms with E-state index in [1.807, 2.05) is 11.3 Å². The van der Waals surface area contributed by atoms with Crippen LogP contribution < -0.4 is 5.32 Å². The Morgan fingerprint density at radius 1 is 1.40 bits per heavy atom. The second-order valence-corrected chi connectivity index (χ2v) is 6.54. The molecule has 20 heavy (non-hydrogen) atoms. The molecule has 3 rings (SSSR count). The van der Waals surface area contributed by atoms with Crippen molar-refractivity contribution >= 4 is 21.4 Å². The number of thiophene rings is 1. The zero-order chi connectivity index (χ0) is 13.9. The molecule has 1 saturated heterocycles.